The third kappa shape index (κ3) is 2.58. The summed E-state index contributed by atoms with van der Waals surface area (Å²) in [7, 11) is 0. The lowest BCUT2D eigenvalue weighted by Crippen LogP contribution is -1.95. The van der Waals surface area contributed by atoms with E-state index < -0.39 is 5.82 Å². The van der Waals surface area contributed by atoms with E-state index in [9.17, 15) is 4.39 Å². The summed E-state index contributed by atoms with van der Waals surface area (Å²) in [5.74, 6) is -0.487. The zero-order valence-corrected chi connectivity index (χ0v) is 10.6. The highest BCUT2D eigenvalue weighted by Crippen LogP contribution is 2.23. The summed E-state index contributed by atoms with van der Waals surface area (Å²) in [6, 6.07) is 4.45. The molecule has 0 saturated heterocycles. The maximum absolute atomic E-state index is 13.3. The van der Waals surface area contributed by atoms with Gasteiger partial charge in [0.1, 0.15) is 11.5 Å². The van der Waals surface area contributed by atoms with Crippen molar-refractivity contribution in [3.05, 3.63) is 40.9 Å². The molecule has 90 valence electrons. The van der Waals surface area contributed by atoms with Crippen molar-refractivity contribution >= 4 is 23.2 Å². The van der Waals surface area contributed by atoms with Gasteiger partial charge in [0.05, 0.1) is 22.3 Å². The number of nitrogens with zero attached hydrogens (tertiary/aromatic N) is 3. The van der Waals surface area contributed by atoms with Gasteiger partial charge in [-0.3, -0.25) is 0 Å². The fourth-order valence-electron chi connectivity index (χ4n) is 1.38. The zero-order valence-electron chi connectivity index (χ0n) is 9.07. The predicted molar refractivity (Wildman–Crippen MR) is 65.2 cm³/mol. The Labute approximate surface area is 108 Å². The van der Waals surface area contributed by atoms with Gasteiger partial charge in [-0.1, -0.05) is 23.7 Å². The Morgan fingerprint density at radius 2 is 2.24 bits per heavy atom. The van der Waals surface area contributed by atoms with Crippen LogP contribution < -0.4 is 0 Å². The van der Waals surface area contributed by atoms with E-state index in [4.69, 9.17) is 23.2 Å². The maximum Gasteiger partial charge on any atom is 0.143 e. The molecule has 0 saturated carbocycles. The van der Waals surface area contributed by atoms with Crippen LogP contribution in [0.5, 0.6) is 0 Å². The van der Waals surface area contributed by atoms with Crippen molar-refractivity contribution in [1.29, 1.82) is 0 Å². The van der Waals surface area contributed by atoms with Gasteiger partial charge in [-0.15, -0.1) is 16.7 Å². The van der Waals surface area contributed by atoms with Crippen LogP contribution in [0.1, 0.15) is 24.4 Å². The normalized spacial score (nSPS) is 12.7. The van der Waals surface area contributed by atoms with Crippen LogP contribution in [0.25, 0.3) is 5.69 Å². The molecule has 0 radical (unpaired) electrons. The average molecular weight is 274 g/mol. The Balaban J connectivity index is 2.33. The second kappa shape index (κ2) is 5.02. The topological polar surface area (TPSA) is 30.7 Å². The van der Waals surface area contributed by atoms with Gasteiger partial charge in [0.2, 0.25) is 0 Å². The number of hydrogen-bond acceptors (Lipinski definition) is 2. The third-order valence-electron chi connectivity index (χ3n) is 2.36. The quantitative estimate of drug-likeness (QED) is 0.798. The first kappa shape index (κ1) is 12.3. The van der Waals surface area contributed by atoms with Crippen LogP contribution in [0.4, 0.5) is 4.39 Å². The van der Waals surface area contributed by atoms with Gasteiger partial charge in [-0.05, 0) is 18.6 Å². The molecule has 0 fully saturated rings. The Bertz CT molecular complexity index is 527. The molecule has 2 aromatic rings. The standard InChI is InChI=1S/C11H10Cl2FN3/c1-2-8(12)11-6-17(16-15-11)7-3-4-9(13)10(14)5-7/h3-6,8H,2H2,1H3. The van der Waals surface area contributed by atoms with Crippen molar-refractivity contribution in [2.24, 2.45) is 0 Å². The minimum Gasteiger partial charge on any atom is -0.220 e. The highest BCUT2D eigenvalue weighted by atomic mass is 35.5. The van der Waals surface area contributed by atoms with Crippen LogP contribution in [-0.2, 0) is 0 Å². The van der Waals surface area contributed by atoms with Crippen molar-refractivity contribution in [3.8, 4) is 5.69 Å². The van der Waals surface area contributed by atoms with E-state index in [2.05, 4.69) is 10.3 Å². The van der Waals surface area contributed by atoms with Crippen LogP contribution in [0.2, 0.25) is 5.02 Å². The Morgan fingerprint density at radius 1 is 1.47 bits per heavy atom. The van der Waals surface area contributed by atoms with Gasteiger partial charge in [-0.2, -0.15) is 0 Å². The molecule has 1 aromatic carbocycles. The fourth-order valence-corrected chi connectivity index (χ4v) is 1.60. The summed E-state index contributed by atoms with van der Waals surface area (Å²) < 4.78 is 14.7. The zero-order chi connectivity index (χ0) is 12.4. The van der Waals surface area contributed by atoms with E-state index in [1.165, 1.54) is 16.8 Å². The summed E-state index contributed by atoms with van der Waals surface area (Å²) in [6.07, 6.45) is 2.44. The summed E-state index contributed by atoms with van der Waals surface area (Å²) in [5.41, 5.74) is 1.23. The molecule has 1 atom stereocenters. The van der Waals surface area contributed by atoms with E-state index in [1.807, 2.05) is 6.92 Å². The third-order valence-corrected chi connectivity index (χ3v) is 3.20. The second-order valence-corrected chi connectivity index (χ2v) is 4.50. The highest BCUT2D eigenvalue weighted by molar-refractivity contribution is 6.30. The Hall–Kier alpha value is -1.13. The van der Waals surface area contributed by atoms with Gasteiger partial charge < -0.3 is 0 Å². The van der Waals surface area contributed by atoms with Gasteiger partial charge in [-0.25, -0.2) is 9.07 Å². The molecule has 0 amide bonds. The van der Waals surface area contributed by atoms with Crippen molar-refractivity contribution in [1.82, 2.24) is 15.0 Å². The van der Waals surface area contributed by atoms with Crippen molar-refractivity contribution < 1.29 is 4.39 Å². The van der Waals surface area contributed by atoms with Crippen molar-refractivity contribution in [2.45, 2.75) is 18.7 Å². The molecular weight excluding hydrogens is 264 g/mol. The molecule has 0 N–H and O–H groups in total. The monoisotopic (exact) mass is 273 g/mol. The number of alkyl halides is 1. The van der Waals surface area contributed by atoms with E-state index in [0.717, 1.165) is 6.42 Å². The molecule has 17 heavy (non-hydrogen) atoms. The van der Waals surface area contributed by atoms with Gasteiger partial charge >= 0.3 is 0 Å². The molecule has 3 nitrogen and oxygen atoms in total. The SMILES string of the molecule is CCC(Cl)c1cn(-c2ccc(Cl)c(F)c2)nn1. The second-order valence-electron chi connectivity index (χ2n) is 3.56. The molecular formula is C11H10Cl2FN3. The molecule has 1 heterocycles. The van der Waals surface area contributed by atoms with Gasteiger partial charge in [0.15, 0.2) is 0 Å². The highest BCUT2D eigenvalue weighted by Gasteiger charge is 2.11. The summed E-state index contributed by atoms with van der Waals surface area (Å²) in [5, 5.41) is 7.74. The van der Waals surface area contributed by atoms with Gasteiger partial charge in [0.25, 0.3) is 0 Å². The number of rotatable bonds is 3. The maximum atomic E-state index is 13.3. The van der Waals surface area contributed by atoms with Crippen molar-refractivity contribution in [2.75, 3.05) is 0 Å². The van der Waals surface area contributed by atoms with Crippen LogP contribution in [0.3, 0.4) is 0 Å². The summed E-state index contributed by atoms with van der Waals surface area (Å²) in [6.45, 7) is 1.96. The summed E-state index contributed by atoms with van der Waals surface area (Å²) >= 11 is 11.6. The minimum atomic E-state index is -0.487. The Kier molecular flexibility index (Phi) is 3.64. The molecule has 0 spiro atoms. The molecule has 2 rings (SSSR count). The van der Waals surface area contributed by atoms with Gasteiger partial charge in [0, 0.05) is 6.07 Å². The fraction of sp³-hybridized carbons (Fsp3) is 0.273. The molecule has 0 aliphatic carbocycles. The molecule has 0 aliphatic heterocycles. The first-order chi connectivity index (χ1) is 8.11. The molecule has 1 unspecified atom stereocenters. The van der Waals surface area contributed by atoms with Crippen LogP contribution >= 0.6 is 23.2 Å². The van der Waals surface area contributed by atoms with Crippen LogP contribution in [0, 0.1) is 5.82 Å². The lowest BCUT2D eigenvalue weighted by molar-refractivity contribution is 0.625. The Morgan fingerprint density at radius 3 is 2.88 bits per heavy atom. The molecule has 6 heteroatoms. The first-order valence-electron chi connectivity index (χ1n) is 5.13. The number of benzene rings is 1. The molecule has 0 bridgehead atoms. The predicted octanol–water partition coefficient (Wildman–Crippen LogP) is 3.75. The first-order valence-corrected chi connectivity index (χ1v) is 5.95. The van der Waals surface area contributed by atoms with E-state index in [-0.39, 0.29) is 10.4 Å². The van der Waals surface area contributed by atoms with E-state index >= 15 is 0 Å². The van der Waals surface area contributed by atoms with E-state index in [0.29, 0.717) is 11.4 Å². The number of aromatic nitrogens is 3. The van der Waals surface area contributed by atoms with Crippen LogP contribution in [-0.4, -0.2) is 15.0 Å². The average Bonchev–Trinajstić information content (AvgIpc) is 2.81. The molecule has 1 aromatic heterocycles. The smallest absolute Gasteiger partial charge is 0.143 e. The molecule has 0 aliphatic rings. The summed E-state index contributed by atoms with van der Waals surface area (Å²) in [4.78, 5) is 0. The minimum absolute atomic E-state index is 0.0814. The van der Waals surface area contributed by atoms with E-state index in [1.54, 1.807) is 12.3 Å². The van der Waals surface area contributed by atoms with Crippen molar-refractivity contribution in [3.63, 3.8) is 0 Å². The van der Waals surface area contributed by atoms with Crippen LogP contribution in [0.15, 0.2) is 24.4 Å². The number of halogens is 3. The largest absolute Gasteiger partial charge is 0.220 e. The lowest BCUT2D eigenvalue weighted by atomic mass is 10.2. The lowest BCUT2D eigenvalue weighted by Gasteiger charge is -2.01. The number of hydrogen-bond donors (Lipinski definition) is 0.